The maximum atomic E-state index is 10.3. The summed E-state index contributed by atoms with van der Waals surface area (Å²) >= 11 is 0. The van der Waals surface area contributed by atoms with Gasteiger partial charge in [-0.25, -0.2) is 0 Å². The van der Waals surface area contributed by atoms with Crippen molar-refractivity contribution in [2.75, 3.05) is 50.2 Å². The second-order valence-corrected chi connectivity index (χ2v) is 7.66. The zero-order chi connectivity index (χ0) is 25.6. The number of carbonyl (C=O) groups is 2. The summed E-state index contributed by atoms with van der Waals surface area (Å²) in [4.78, 5) is 24.5. The second-order valence-electron chi connectivity index (χ2n) is 7.66. The van der Waals surface area contributed by atoms with Gasteiger partial charge in [0.1, 0.15) is 0 Å². The summed E-state index contributed by atoms with van der Waals surface area (Å²) in [7, 11) is 3.77. The summed E-state index contributed by atoms with van der Waals surface area (Å²) in [6.45, 7) is 1.65. The molecule has 0 aromatic heterocycles. The highest BCUT2D eigenvalue weighted by Crippen LogP contribution is 2.11. The first-order valence-corrected chi connectivity index (χ1v) is 11.5. The number of aliphatic hydroxyl groups is 2. The van der Waals surface area contributed by atoms with Crippen molar-refractivity contribution in [2.24, 2.45) is 0 Å². The lowest BCUT2D eigenvalue weighted by atomic mass is 10.2. The van der Waals surface area contributed by atoms with Gasteiger partial charge >= 0.3 is 11.9 Å². The lowest BCUT2D eigenvalue weighted by Crippen LogP contribution is -2.20. The topological polar surface area (TPSA) is 122 Å². The molecule has 2 rings (SSSR count). The standard InChI is InChI=1S/2C10H13NO2.C6H14O2/c2*1-11(8-7-10(12)13)9-5-3-2-4-6-9;7-5-3-1-2-4-6-8/h2*2-6H,7-8H2,1H3,(H,12,13);7-8H,1-6H2. The number of aliphatic carboxylic acids is 2. The van der Waals surface area contributed by atoms with Gasteiger partial charge in [0, 0.05) is 51.8 Å². The average Bonchev–Trinajstić information content (AvgIpc) is 2.85. The molecule has 0 atom stereocenters. The Morgan fingerprint density at radius 2 is 0.941 bits per heavy atom. The molecular weight excluding hydrogens is 436 g/mol. The summed E-state index contributed by atoms with van der Waals surface area (Å²) in [5.74, 6) is -1.52. The van der Waals surface area contributed by atoms with E-state index in [2.05, 4.69) is 0 Å². The monoisotopic (exact) mass is 476 g/mol. The van der Waals surface area contributed by atoms with Crippen LogP contribution in [0.4, 0.5) is 11.4 Å². The third kappa shape index (κ3) is 17.5. The van der Waals surface area contributed by atoms with E-state index >= 15 is 0 Å². The molecule has 2 aromatic rings. The van der Waals surface area contributed by atoms with Crippen molar-refractivity contribution in [2.45, 2.75) is 38.5 Å². The molecule has 0 saturated heterocycles. The fourth-order valence-electron chi connectivity index (χ4n) is 2.73. The van der Waals surface area contributed by atoms with Gasteiger partial charge in [-0.15, -0.1) is 0 Å². The normalized spacial score (nSPS) is 9.65. The van der Waals surface area contributed by atoms with Crippen LogP contribution in [0, 0.1) is 0 Å². The number of hydrogen-bond acceptors (Lipinski definition) is 6. The van der Waals surface area contributed by atoms with E-state index in [1.807, 2.05) is 84.6 Å². The Bertz CT molecular complexity index is 693. The third-order valence-electron chi connectivity index (χ3n) is 4.78. The molecule has 0 aliphatic rings. The van der Waals surface area contributed by atoms with Crippen molar-refractivity contribution < 1.29 is 30.0 Å². The fourth-order valence-corrected chi connectivity index (χ4v) is 2.73. The number of anilines is 2. The summed E-state index contributed by atoms with van der Waals surface area (Å²) in [5.41, 5.74) is 2.09. The predicted octanol–water partition coefficient (Wildman–Crippen LogP) is 3.73. The molecule has 8 heteroatoms. The molecule has 190 valence electrons. The van der Waals surface area contributed by atoms with Crippen molar-refractivity contribution in [1.82, 2.24) is 0 Å². The minimum absolute atomic E-state index is 0.172. The second kappa shape index (κ2) is 20.5. The van der Waals surface area contributed by atoms with Crippen molar-refractivity contribution >= 4 is 23.3 Å². The number of para-hydroxylation sites is 2. The number of benzene rings is 2. The molecule has 0 heterocycles. The van der Waals surface area contributed by atoms with Crippen LogP contribution in [0.15, 0.2) is 60.7 Å². The van der Waals surface area contributed by atoms with Gasteiger partial charge in [0.2, 0.25) is 0 Å². The highest BCUT2D eigenvalue weighted by molar-refractivity contribution is 5.68. The van der Waals surface area contributed by atoms with Crippen molar-refractivity contribution in [3.63, 3.8) is 0 Å². The van der Waals surface area contributed by atoms with Gasteiger partial charge < -0.3 is 30.2 Å². The summed E-state index contributed by atoms with van der Waals surface area (Å²) < 4.78 is 0. The van der Waals surface area contributed by atoms with Crippen molar-refractivity contribution in [3.05, 3.63) is 60.7 Å². The van der Waals surface area contributed by atoms with E-state index in [4.69, 9.17) is 20.4 Å². The van der Waals surface area contributed by atoms with E-state index in [1.54, 1.807) is 0 Å². The third-order valence-corrected chi connectivity index (χ3v) is 4.78. The molecule has 8 nitrogen and oxygen atoms in total. The lowest BCUT2D eigenvalue weighted by molar-refractivity contribution is -0.137. The molecular formula is C26H40N2O6. The molecule has 2 aromatic carbocycles. The van der Waals surface area contributed by atoms with Crippen LogP contribution in [0.5, 0.6) is 0 Å². The van der Waals surface area contributed by atoms with Crippen LogP contribution in [0.25, 0.3) is 0 Å². The quantitative estimate of drug-likeness (QED) is 0.323. The molecule has 0 unspecified atom stereocenters. The van der Waals surface area contributed by atoms with Crippen LogP contribution in [0.1, 0.15) is 38.5 Å². The zero-order valence-electron chi connectivity index (χ0n) is 20.3. The Labute approximate surface area is 203 Å². The summed E-state index contributed by atoms with van der Waals surface area (Å²) in [6.07, 6.45) is 4.17. The smallest absolute Gasteiger partial charge is 0.305 e. The minimum atomic E-state index is -0.761. The molecule has 0 amide bonds. The van der Waals surface area contributed by atoms with Crippen LogP contribution in [-0.4, -0.2) is 72.8 Å². The van der Waals surface area contributed by atoms with Gasteiger partial charge in [0.25, 0.3) is 0 Å². The van der Waals surface area contributed by atoms with Gasteiger partial charge in [0.15, 0.2) is 0 Å². The van der Waals surface area contributed by atoms with Gasteiger partial charge in [-0.1, -0.05) is 49.2 Å². The Morgan fingerprint density at radius 1 is 0.618 bits per heavy atom. The number of unbranched alkanes of at least 4 members (excludes halogenated alkanes) is 3. The van der Waals surface area contributed by atoms with Gasteiger partial charge in [-0.3, -0.25) is 9.59 Å². The van der Waals surface area contributed by atoms with E-state index in [1.165, 1.54) is 0 Å². The van der Waals surface area contributed by atoms with Crippen molar-refractivity contribution in [3.8, 4) is 0 Å². The predicted molar refractivity (Wildman–Crippen MR) is 137 cm³/mol. The van der Waals surface area contributed by atoms with E-state index in [9.17, 15) is 9.59 Å². The highest BCUT2D eigenvalue weighted by atomic mass is 16.4. The largest absolute Gasteiger partial charge is 0.481 e. The Morgan fingerprint density at radius 3 is 1.21 bits per heavy atom. The summed E-state index contributed by atoms with van der Waals surface area (Å²) in [6, 6.07) is 19.5. The number of carboxylic acids is 2. The van der Waals surface area contributed by atoms with Crippen LogP contribution in [0.3, 0.4) is 0 Å². The molecule has 0 radical (unpaired) electrons. The zero-order valence-corrected chi connectivity index (χ0v) is 20.3. The molecule has 34 heavy (non-hydrogen) atoms. The van der Waals surface area contributed by atoms with Crippen LogP contribution >= 0.6 is 0 Å². The molecule has 0 bridgehead atoms. The first-order valence-electron chi connectivity index (χ1n) is 11.5. The number of rotatable bonds is 13. The SMILES string of the molecule is CN(CCC(=O)O)c1ccccc1.CN(CCC(=O)O)c1ccccc1.OCCCCCCO. The molecule has 0 spiro atoms. The molecule has 0 aliphatic heterocycles. The summed E-state index contributed by atoms with van der Waals surface area (Å²) in [5, 5.41) is 33.6. The fraction of sp³-hybridized carbons (Fsp3) is 0.462. The Hall–Kier alpha value is -3.10. The molecule has 0 saturated carbocycles. The Kier molecular flexibility index (Phi) is 18.6. The average molecular weight is 477 g/mol. The molecule has 0 fully saturated rings. The highest BCUT2D eigenvalue weighted by Gasteiger charge is 2.03. The van der Waals surface area contributed by atoms with Crippen molar-refractivity contribution in [1.29, 1.82) is 0 Å². The van der Waals surface area contributed by atoms with Gasteiger partial charge in [-0.2, -0.15) is 0 Å². The number of hydrogen-bond donors (Lipinski definition) is 4. The van der Waals surface area contributed by atoms with Crippen LogP contribution < -0.4 is 9.80 Å². The number of nitrogens with zero attached hydrogens (tertiary/aromatic N) is 2. The lowest BCUT2D eigenvalue weighted by Gasteiger charge is -2.17. The van der Waals surface area contributed by atoms with Gasteiger partial charge in [-0.05, 0) is 37.1 Å². The maximum absolute atomic E-state index is 10.3. The van der Waals surface area contributed by atoms with E-state index in [-0.39, 0.29) is 26.1 Å². The van der Waals surface area contributed by atoms with E-state index in [0.717, 1.165) is 37.1 Å². The molecule has 4 N–H and O–H groups in total. The first kappa shape index (κ1) is 30.9. The number of aliphatic hydroxyl groups excluding tert-OH is 2. The van der Waals surface area contributed by atoms with E-state index < -0.39 is 11.9 Å². The Balaban J connectivity index is 0.000000497. The van der Waals surface area contributed by atoms with E-state index in [0.29, 0.717) is 13.1 Å². The number of carboxylic acid groups (broad SMARTS) is 2. The minimum Gasteiger partial charge on any atom is -0.481 e. The van der Waals surface area contributed by atoms with Gasteiger partial charge in [0.05, 0.1) is 12.8 Å². The first-order chi connectivity index (χ1) is 16.3. The maximum Gasteiger partial charge on any atom is 0.305 e. The van der Waals surface area contributed by atoms with Crippen LogP contribution in [-0.2, 0) is 9.59 Å². The van der Waals surface area contributed by atoms with Crippen LogP contribution in [0.2, 0.25) is 0 Å². The molecule has 0 aliphatic carbocycles.